The summed E-state index contributed by atoms with van der Waals surface area (Å²) in [6.45, 7) is 2.58. The molecule has 3 N–H and O–H groups in total. The first-order valence-corrected chi connectivity index (χ1v) is 6.45. The van der Waals surface area contributed by atoms with Crippen molar-refractivity contribution in [1.82, 2.24) is 4.90 Å². The zero-order valence-corrected chi connectivity index (χ0v) is 11.8. The third-order valence-electron chi connectivity index (χ3n) is 2.65. The summed E-state index contributed by atoms with van der Waals surface area (Å²) in [6.07, 6.45) is 1.83. The van der Waals surface area contributed by atoms with Gasteiger partial charge in [0.2, 0.25) is 0 Å². The number of hydrogen-bond donors (Lipinski definition) is 2. The normalized spacial score (nSPS) is 10.1. The largest absolute Gasteiger partial charge is 0.398 e. The quantitative estimate of drug-likeness (QED) is 0.656. The molecule has 0 spiro atoms. The molecule has 0 aliphatic carbocycles. The van der Waals surface area contributed by atoms with Crippen molar-refractivity contribution in [2.24, 2.45) is 0 Å². The lowest BCUT2D eigenvalue weighted by atomic mass is 10.2. The van der Waals surface area contributed by atoms with Crippen molar-refractivity contribution in [2.75, 3.05) is 24.6 Å². The van der Waals surface area contributed by atoms with Crippen molar-refractivity contribution in [3.05, 3.63) is 23.2 Å². The summed E-state index contributed by atoms with van der Waals surface area (Å²) in [5.74, 6) is -1.25. The molecular weight excluding hydrogens is 266 g/mol. The highest BCUT2D eigenvalue weighted by molar-refractivity contribution is 6.39. The zero-order valence-electron chi connectivity index (χ0n) is 11.1. The topological polar surface area (TPSA) is 75.4 Å². The predicted molar refractivity (Wildman–Crippen MR) is 77.0 cm³/mol. The van der Waals surface area contributed by atoms with Crippen LogP contribution < -0.4 is 11.1 Å². The van der Waals surface area contributed by atoms with Gasteiger partial charge in [-0.1, -0.05) is 24.9 Å². The Morgan fingerprint density at radius 1 is 1.42 bits per heavy atom. The summed E-state index contributed by atoms with van der Waals surface area (Å²) in [7, 11) is 1.60. The Balaban J connectivity index is 2.63. The molecule has 0 radical (unpaired) electrons. The van der Waals surface area contributed by atoms with E-state index in [-0.39, 0.29) is 0 Å². The van der Waals surface area contributed by atoms with E-state index in [1.807, 2.05) is 6.92 Å². The van der Waals surface area contributed by atoms with Gasteiger partial charge in [0.15, 0.2) is 0 Å². The van der Waals surface area contributed by atoms with Crippen LogP contribution in [0.15, 0.2) is 18.2 Å². The van der Waals surface area contributed by atoms with E-state index in [1.165, 1.54) is 11.0 Å². The number of nitrogens with zero attached hydrogens (tertiary/aromatic N) is 1. The number of likely N-dealkylation sites (N-methyl/N-ethyl adjacent to an activating group) is 1. The minimum Gasteiger partial charge on any atom is -0.398 e. The van der Waals surface area contributed by atoms with Crippen LogP contribution in [-0.2, 0) is 9.59 Å². The summed E-state index contributed by atoms with van der Waals surface area (Å²) in [4.78, 5) is 24.9. The molecule has 0 saturated carbocycles. The molecule has 0 aliphatic heterocycles. The van der Waals surface area contributed by atoms with E-state index in [4.69, 9.17) is 17.3 Å². The number of nitrogen functional groups attached to an aromatic ring is 1. The highest BCUT2D eigenvalue weighted by atomic mass is 35.5. The van der Waals surface area contributed by atoms with E-state index >= 15 is 0 Å². The maximum Gasteiger partial charge on any atom is 0.313 e. The molecule has 0 atom stereocenters. The van der Waals surface area contributed by atoms with Crippen molar-refractivity contribution < 1.29 is 9.59 Å². The summed E-state index contributed by atoms with van der Waals surface area (Å²) in [5, 5.41) is 2.83. The van der Waals surface area contributed by atoms with E-state index in [9.17, 15) is 9.59 Å². The first kappa shape index (κ1) is 15.3. The van der Waals surface area contributed by atoms with E-state index in [0.29, 0.717) is 22.9 Å². The minimum atomic E-state index is -0.681. The second kappa shape index (κ2) is 6.99. The monoisotopic (exact) mass is 283 g/mol. The Labute approximate surface area is 117 Å². The molecule has 104 valence electrons. The van der Waals surface area contributed by atoms with E-state index in [0.717, 1.165) is 12.8 Å². The van der Waals surface area contributed by atoms with Gasteiger partial charge in [-0.15, -0.1) is 0 Å². The molecular formula is C13H18ClN3O2. The Morgan fingerprint density at radius 3 is 2.68 bits per heavy atom. The van der Waals surface area contributed by atoms with E-state index in [2.05, 4.69) is 5.32 Å². The van der Waals surface area contributed by atoms with Gasteiger partial charge < -0.3 is 16.0 Å². The third kappa shape index (κ3) is 4.44. The molecule has 1 aromatic rings. The molecule has 0 unspecified atom stereocenters. The van der Waals surface area contributed by atoms with Crippen LogP contribution in [0, 0.1) is 0 Å². The zero-order chi connectivity index (χ0) is 14.4. The van der Waals surface area contributed by atoms with Crippen molar-refractivity contribution in [3.63, 3.8) is 0 Å². The lowest BCUT2D eigenvalue weighted by Gasteiger charge is -2.16. The maximum absolute atomic E-state index is 11.8. The number of halogens is 1. The van der Waals surface area contributed by atoms with Gasteiger partial charge in [-0.25, -0.2) is 0 Å². The van der Waals surface area contributed by atoms with Gasteiger partial charge in [0.25, 0.3) is 0 Å². The Morgan fingerprint density at radius 2 is 2.11 bits per heavy atom. The number of nitrogens with one attached hydrogen (secondary N) is 1. The molecule has 1 aromatic carbocycles. The van der Waals surface area contributed by atoms with Crippen LogP contribution in [0.2, 0.25) is 5.02 Å². The number of carbonyl (C=O) groups excluding carboxylic acids is 2. The van der Waals surface area contributed by atoms with Crippen LogP contribution in [-0.4, -0.2) is 30.3 Å². The highest BCUT2D eigenvalue weighted by Crippen LogP contribution is 2.22. The number of carbonyl (C=O) groups is 2. The second-order valence-corrected chi connectivity index (χ2v) is 4.68. The van der Waals surface area contributed by atoms with Crippen LogP contribution in [0.3, 0.4) is 0 Å². The summed E-state index contributed by atoms with van der Waals surface area (Å²) >= 11 is 5.84. The number of amides is 2. The van der Waals surface area contributed by atoms with Gasteiger partial charge in [-0.3, -0.25) is 9.59 Å². The van der Waals surface area contributed by atoms with Gasteiger partial charge in [-0.2, -0.15) is 0 Å². The smallest absolute Gasteiger partial charge is 0.313 e. The van der Waals surface area contributed by atoms with Gasteiger partial charge in [-0.05, 0) is 24.6 Å². The van der Waals surface area contributed by atoms with Crippen LogP contribution in [0.5, 0.6) is 0 Å². The predicted octanol–water partition coefficient (Wildman–Crippen LogP) is 2.12. The Kier molecular flexibility index (Phi) is 5.63. The fourth-order valence-electron chi connectivity index (χ4n) is 1.46. The van der Waals surface area contributed by atoms with Crippen molar-refractivity contribution in [3.8, 4) is 0 Å². The number of unbranched alkanes of at least 4 members (excludes halogenated alkanes) is 1. The van der Waals surface area contributed by atoms with Gasteiger partial charge in [0.05, 0.1) is 10.7 Å². The summed E-state index contributed by atoms with van der Waals surface area (Å²) in [6, 6.07) is 4.68. The number of benzene rings is 1. The summed E-state index contributed by atoms with van der Waals surface area (Å²) in [5.41, 5.74) is 6.43. The van der Waals surface area contributed by atoms with Crippen molar-refractivity contribution in [1.29, 1.82) is 0 Å². The summed E-state index contributed by atoms with van der Waals surface area (Å²) < 4.78 is 0. The standard InChI is InChI=1S/C13H18ClN3O2/c1-3-4-7-17(2)13(19)12(18)16-9-5-6-11(15)10(14)8-9/h5-6,8H,3-4,7,15H2,1-2H3,(H,16,18). The Bertz CT molecular complexity index is 477. The number of nitrogens with two attached hydrogens (primary N) is 1. The average Bonchev–Trinajstić information content (AvgIpc) is 2.39. The Hall–Kier alpha value is -1.75. The first-order valence-electron chi connectivity index (χ1n) is 6.07. The molecule has 19 heavy (non-hydrogen) atoms. The van der Waals surface area contributed by atoms with Crippen LogP contribution in [0.1, 0.15) is 19.8 Å². The molecule has 0 saturated heterocycles. The fraction of sp³-hybridized carbons (Fsp3) is 0.385. The van der Waals surface area contributed by atoms with E-state index in [1.54, 1.807) is 19.2 Å². The molecule has 0 bridgehead atoms. The average molecular weight is 284 g/mol. The molecule has 1 rings (SSSR count). The molecule has 2 amide bonds. The van der Waals surface area contributed by atoms with Gasteiger partial charge >= 0.3 is 11.8 Å². The highest BCUT2D eigenvalue weighted by Gasteiger charge is 2.18. The SMILES string of the molecule is CCCCN(C)C(=O)C(=O)Nc1ccc(N)c(Cl)c1. The van der Waals surface area contributed by atoms with Crippen LogP contribution in [0.25, 0.3) is 0 Å². The van der Waals surface area contributed by atoms with Crippen molar-refractivity contribution in [2.45, 2.75) is 19.8 Å². The molecule has 0 aliphatic rings. The number of anilines is 2. The third-order valence-corrected chi connectivity index (χ3v) is 2.97. The van der Waals surface area contributed by atoms with Crippen LogP contribution >= 0.6 is 11.6 Å². The lowest BCUT2D eigenvalue weighted by Crippen LogP contribution is -2.37. The van der Waals surface area contributed by atoms with Gasteiger partial charge in [0.1, 0.15) is 0 Å². The molecule has 0 fully saturated rings. The molecule has 0 aromatic heterocycles. The first-order chi connectivity index (χ1) is 8.95. The lowest BCUT2D eigenvalue weighted by molar-refractivity contribution is -0.142. The fourth-order valence-corrected chi connectivity index (χ4v) is 1.64. The maximum atomic E-state index is 11.8. The molecule has 6 heteroatoms. The number of hydrogen-bond acceptors (Lipinski definition) is 3. The van der Waals surface area contributed by atoms with Crippen molar-refractivity contribution >= 4 is 34.8 Å². The second-order valence-electron chi connectivity index (χ2n) is 4.27. The van der Waals surface area contributed by atoms with E-state index < -0.39 is 11.8 Å². The molecule has 5 nitrogen and oxygen atoms in total. The van der Waals surface area contributed by atoms with Crippen LogP contribution in [0.4, 0.5) is 11.4 Å². The minimum absolute atomic E-state index is 0.338. The molecule has 0 heterocycles. The van der Waals surface area contributed by atoms with Gasteiger partial charge in [0, 0.05) is 19.3 Å². The number of rotatable bonds is 4.